The monoisotopic (exact) mass is 1130 g/mol. The van der Waals surface area contributed by atoms with Crippen LogP contribution in [0.15, 0.2) is 292 Å². The van der Waals surface area contributed by atoms with Crippen LogP contribution in [0.1, 0.15) is 0 Å². The molecule has 0 amide bonds. The first-order valence-electron chi connectivity index (χ1n) is 28.8. The van der Waals surface area contributed by atoms with Crippen molar-refractivity contribution in [1.29, 1.82) is 0 Å². The minimum Gasteiger partial charge on any atom is -0.306 e. The second kappa shape index (κ2) is 22.0. The third kappa shape index (κ3) is 9.35. The van der Waals surface area contributed by atoms with Crippen molar-refractivity contribution in [3.05, 3.63) is 292 Å². The molecule has 14 nitrogen and oxygen atoms in total. The van der Waals surface area contributed by atoms with Crippen LogP contribution in [0.2, 0.25) is 0 Å². The van der Waals surface area contributed by atoms with E-state index in [2.05, 4.69) is 202 Å². The molecule has 8 aromatic carbocycles. The number of para-hydroxylation sites is 10. The number of aromatic nitrogens is 10. The van der Waals surface area contributed by atoms with E-state index in [1.807, 2.05) is 84.9 Å². The predicted octanol–water partition coefficient (Wildman–Crippen LogP) is 17.8. The standard InChI is InChI=1S/C74H48N14/c1-3-23-53(24-4-1)85-61-31-7-11-35-65(61)87(66-36-12-8-32-62(66)85)55-45-49(43-51(47-55)69-79-71(57-27-15-19-39-75-57)83-72(80-69)58-28-16-20-40-76-58)50-44-52(70-81-73(59-29-17-21-41-77-59)84-74(82-70)60-30-18-22-42-78-60)48-56(46-50)88-67-37-13-9-33-63(67)86(54-25-5-2-6-26-54)64-34-10-14-38-68(64)88/h1-48H. The molecule has 14 heteroatoms. The van der Waals surface area contributed by atoms with E-state index in [0.29, 0.717) is 57.7 Å². The van der Waals surface area contributed by atoms with Crippen molar-refractivity contribution in [2.24, 2.45) is 0 Å². The fraction of sp³-hybridized carbons (Fsp3) is 0. The lowest BCUT2D eigenvalue weighted by Gasteiger charge is -2.40. The summed E-state index contributed by atoms with van der Waals surface area (Å²) in [7, 11) is 0. The molecule has 0 N–H and O–H groups in total. The zero-order valence-electron chi connectivity index (χ0n) is 47.0. The van der Waals surface area contributed by atoms with E-state index in [1.165, 1.54) is 0 Å². The van der Waals surface area contributed by atoms with Gasteiger partial charge in [0.15, 0.2) is 34.9 Å². The summed E-state index contributed by atoms with van der Waals surface area (Å²) in [5.41, 5.74) is 17.2. The molecule has 0 fully saturated rings. The SMILES string of the molecule is c1ccc(N2c3ccccc3N(c3cc(-c4cc(-c5nc(-c6ccccn6)nc(-c6ccccn6)n5)cc(N5c6ccccc6N(c6ccccc6)c6ccccc65)c4)cc(-c4nc(-c5ccccn5)nc(-c5ccccn5)n4)c3)c3ccccc32)cc1. The van der Waals surface area contributed by atoms with Gasteiger partial charge in [0.25, 0.3) is 0 Å². The van der Waals surface area contributed by atoms with E-state index in [4.69, 9.17) is 49.8 Å². The first-order valence-corrected chi connectivity index (χ1v) is 28.8. The van der Waals surface area contributed by atoms with Gasteiger partial charge >= 0.3 is 0 Å². The molecule has 0 spiro atoms. The number of hydrogen-bond acceptors (Lipinski definition) is 14. The highest BCUT2D eigenvalue weighted by Gasteiger charge is 2.33. The summed E-state index contributed by atoms with van der Waals surface area (Å²) in [6.45, 7) is 0. The normalized spacial score (nSPS) is 12.2. The molecule has 6 aromatic heterocycles. The Labute approximate surface area is 506 Å². The van der Waals surface area contributed by atoms with Gasteiger partial charge in [0, 0.05) is 58.7 Å². The number of nitrogens with zero attached hydrogens (tertiary/aromatic N) is 14. The van der Waals surface area contributed by atoms with Crippen LogP contribution in [-0.4, -0.2) is 49.8 Å². The second-order valence-corrected chi connectivity index (χ2v) is 21.0. The van der Waals surface area contributed by atoms with Gasteiger partial charge in [-0.25, -0.2) is 29.9 Å². The molecule has 8 heterocycles. The second-order valence-electron chi connectivity index (χ2n) is 21.0. The molecule has 0 radical (unpaired) electrons. The summed E-state index contributed by atoms with van der Waals surface area (Å²) in [6, 6.07) is 91.2. The van der Waals surface area contributed by atoms with Gasteiger partial charge in [-0.05, 0) is 169 Å². The Balaban J connectivity index is 0.982. The number of hydrogen-bond donors (Lipinski definition) is 0. The molecular formula is C74H48N14. The number of benzene rings is 8. The van der Waals surface area contributed by atoms with E-state index in [9.17, 15) is 0 Å². The van der Waals surface area contributed by atoms with Gasteiger partial charge in [-0.2, -0.15) is 0 Å². The van der Waals surface area contributed by atoms with E-state index >= 15 is 0 Å². The van der Waals surface area contributed by atoms with Gasteiger partial charge in [0.2, 0.25) is 0 Å². The fourth-order valence-electron chi connectivity index (χ4n) is 11.7. The van der Waals surface area contributed by atoms with Crippen LogP contribution in [0, 0.1) is 0 Å². The van der Waals surface area contributed by atoms with Gasteiger partial charge < -0.3 is 19.6 Å². The van der Waals surface area contributed by atoms with Crippen LogP contribution >= 0.6 is 0 Å². The maximum Gasteiger partial charge on any atom is 0.182 e. The zero-order valence-corrected chi connectivity index (χ0v) is 47.0. The predicted molar refractivity (Wildman–Crippen MR) is 348 cm³/mol. The van der Waals surface area contributed by atoms with Crippen molar-refractivity contribution in [3.63, 3.8) is 0 Å². The largest absolute Gasteiger partial charge is 0.306 e. The van der Waals surface area contributed by atoms with Crippen molar-refractivity contribution >= 4 is 68.2 Å². The van der Waals surface area contributed by atoms with Gasteiger partial charge in [-0.3, -0.25) is 19.9 Å². The van der Waals surface area contributed by atoms with Gasteiger partial charge in [0.05, 0.1) is 45.5 Å². The molecule has 414 valence electrons. The smallest absolute Gasteiger partial charge is 0.182 e. The summed E-state index contributed by atoms with van der Waals surface area (Å²) >= 11 is 0. The summed E-state index contributed by atoms with van der Waals surface area (Å²) in [5.74, 6) is 2.48. The molecule has 0 atom stereocenters. The first-order chi connectivity index (χ1) is 43.6. The lowest BCUT2D eigenvalue weighted by atomic mass is 9.96. The number of fused-ring (bicyclic) bond motifs is 4. The quantitative estimate of drug-likeness (QED) is 0.121. The van der Waals surface area contributed by atoms with Gasteiger partial charge in [-0.15, -0.1) is 0 Å². The Bertz CT molecular complexity index is 4370. The molecule has 16 rings (SSSR count). The lowest BCUT2D eigenvalue weighted by molar-refractivity contribution is 1.04. The summed E-state index contributed by atoms with van der Waals surface area (Å²) in [4.78, 5) is 59.4. The number of anilines is 12. The third-order valence-corrected chi connectivity index (χ3v) is 15.5. The summed E-state index contributed by atoms with van der Waals surface area (Å²) < 4.78 is 0. The van der Waals surface area contributed by atoms with E-state index in [0.717, 1.165) is 90.5 Å². The summed E-state index contributed by atoms with van der Waals surface area (Å²) in [5, 5.41) is 0. The highest BCUT2D eigenvalue weighted by atomic mass is 15.3. The van der Waals surface area contributed by atoms with Crippen molar-refractivity contribution in [2.75, 3.05) is 19.6 Å². The van der Waals surface area contributed by atoms with Crippen LogP contribution in [-0.2, 0) is 0 Å². The molecule has 0 unspecified atom stereocenters. The Hall–Kier alpha value is -12.4. The highest BCUT2D eigenvalue weighted by molar-refractivity contribution is 6.04. The van der Waals surface area contributed by atoms with E-state index in [1.54, 1.807) is 24.8 Å². The van der Waals surface area contributed by atoms with Crippen molar-refractivity contribution in [2.45, 2.75) is 0 Å². The van der Waals surface area contributed by atoms with Crippen LogP contribution in [0.3, 0.4) is 0 Å². The van der Waals surface area contributed by atoms with Crippen LogP contribution in [0.4, 0.5) is 68.2 Å². The highest BCUT2D eigenvalue weighted by Crippen LogP contribution is 2.57. The Morgan fingerprint density at radius 2 is 0.409 bits per heavy atom. The Kier molecular flexibility index (Phi) is 12.8. The average Bonchev–Trinajstić information content (AvgIpc) is 0.981. The van der Waals surface area contributed by atoms with Crippen LogP contribution in [0.5, 0.6) is 0 Å². The van der Waals surface area contributed by atoms with Crippen LogP contribution < -0.4 is 19.6 Å². The molecule has 0 bridgehead atoms. The molecule has 2 aliphatic heterocycles. The lowest BCUT2D eigenvalue weighted by Crippen LogP contribution is -2.24. The molecular weight excluding hydrogens is 1080 g/mol. The third-order valence-electron chi connectivity index (χ3n) is 15.5. The molecule has 0 saturated carbocycles. The van der Waals surface area contributed by atoms with Crippen molar-refractivity contribution in [3.8, 4) is 80.0 Å². The maximum absolute atomic E-state index is 5.29. The molecule has 0 saturated heterocycles. The Morgan fingerprint density at radius 1 is 0.182 bits per heavy atom. The van der Waals surface area contributed by atoms with Crippen LogP contribution in [0.25, 0.3) is 80.0 Å². The molecule has 88 heavy (non-hydrogen) atoms. The van der Waals surface area contributed by atoms with E-state index < -0.39 is 0 Å². The topological polar surface area (TPSA) is 142 Å². The zero-order chi connectivity index (χ0) is 58.3. The number of rotatable bonds is 11. The van der Waals surface area contributed by atoms with Crippen molar-refractivity contribution < 1.29 is 0 Å². The van der Waals surface area contributed by atoms with Gasteiger partial charge in [0.1, 0.15) is 22.8 Å². The minimum atomic E-state index is 0.406. The fourth-order valence-corrected chi connectivity index (χ4v) is 11.7. The average molecular weight is 1130 g/mol. The minimum absolute atomic E-state index is 0.406. The molecule has 14 aromatic rings. The first kappa shape index (κ1) is 51.2. The van der Waals surface area contributed by atoms with Gasteiger partial charge in [-0.1, -0.05) is 109 Å². The molecule has 2 aliphatic rings. The summed E-state index contributed by atoms with van der Waals surface area (Å²) in [6.07, 6.45) is 6.98. The van der Waals surface area contributed by atoms with Crippen molar-refractivity contribution in [1.82, 2.24) is 49.8 Å². The number of pyridine rings is 4. The maximum atomic E-state index is 5.29. The van der Waals surface area contributed by atoms with E-state index in [-0.39, 0.29) is 0 Å². The Morgan fingerprint density at radius 3 is 0.670 bits per heavy atom. The molecule has 0 aliphatic carbocycles.